The van der Waals surface area contributed by atoms with E-state index in [1.54, 1.807) is 24.2 Å². The fourth-order valence-electron chi connectivity index (χ4n) is 2.75. The molecule has 0 spiro atoms. The van der Waals surface area contributed by atoms with Crippen molar-refractivity contribution in [1.29, 1.82) is 0 Å². The van der Waals surface area contributed by atoms with Gasteiger partial charge in [-0.3, -0.25) is 9.48 Å². The van der Waals surface area contributed by atoms with E-state index < -0.39 is 0 Å². The van der Waals surface area contributed by atoms with Crippen molar-refractivity contribution in [2.75, 3.05) is 5.32 Å². The van der Waals surface area contributed by atoms with Gasteiger partial charge in [-0.05, 0) is 54.1 Å². The second-order valence-corrected chi connectivity index (χ2v) is 7.20. The van der Waals surface area contributed by atoms with Crippen LogP contribution in [0.2, 0.25) is 0 Å². The quantitative estimate of drug-likeness (QED) is 0.520. The molecule has 2 aromatic heterocycles. The number of benzene rings is 2. The van der Waals surface area contributed by atoms with E-state index in [2.05, 4.69) is 15.4 Å². The third-order valence-corrected chi connectivity index (χ3v) is 5.09. The largest absolute Gasteiger partial charge is 0.322 e. The Hall–Kier alpha value is -3.38. The van der Waals surface area contributed by atoms with Crippen LogP contribution in [-0.2, 0) is 6.54 Å². The van der Waals surface area contributed by atoms with E-state index in [4.69, 9.17) is 0 Å². The summed E-state index contributed by atoms with van der Waals surface area (Å²) in [7, 11) is 0. The van der Waals surface area contributed by atoms with Crippen LogP contribution in [0.15, 0.2) is 101 Å². The predicted octanol–water partition coefficient (Wildman–Crippen LogP) is 4.73. The maximum Gasteiger partial charge on any atom is 0.255 e. The summed E-state index contributed by atoms with van der Waals surface area (Å²) >= 11 is 1.56. The van der Waals surface area contributed by atoms with Gasteiger partial charge in [-0.2, -0.15) is 5.10 Å². The normalized spacial score (nSPS) is 10.6. The summed E-state index contributed by atoms with van der Waals surface area (Å²) in [5.74, 6) is -0.137. The second-order valence-electron chi connectivity index (χ2n) is 6.11. The zero-order valence-corrected chi connectivity index (χ0v) is 15.8. The number of carbonyl (C=O) groups excluding carboxylic acids is 1. The summed E-state index contributed by atoms with van der Waals surface area (Å²) in [6.07, 6.45) is 5.41. The molecule has 28 heavy (non-hydrogen) atoms. The van der Waals surface area contributed by atoms with E-state index in [0.29, 0.717) is 12.1 Å². The maximum atomic E-state index is 12.7. The minimum Gasteiger partial charge on any atom is -0.322 e. The van der Waals surface area contributed by atoms with Crippen LogP contribution in [0.5, 0.6) is 0 Å². The highest BCUT2D eigenvalue weighted by molar-refractivity contribution is 7.99. The lowest BCUT2D eigenvalue weighted by Gasteiger charge is -2.11. The van der Waals surface area contributed by atoms with E-state index >= 15 is 0 Å². The molecule has 6 heteroatoms. The first-order chi connectivity index (χ1) is 13.8. The molecule has 0 atom stereocenters. The van der Waals surface area contributed by atoms with Crippen LogP contribution in [-0.4, -0.2) is 20.7 Å². The molecule has 1 amide bonds. The van der Waals surface area contributed by atoms with Crippen molar-refractivity contribution in [3.8, 4) is 0 Å². The molecule has 0 saturated carbocycles. The first kappa shape index (κ1) is 18.0. The lowest BCUT2D eigenvalue weighted by atomic mass is 10.1. The summed E-state index contributed by atoms with van der Waals surface area (Å²) in [4.78, 5) is 18.0. The number of aromatic nitrogens is 3. The van der Waals surface area contributed by atoms with Gasteiger partial charge in [-0.1, -0.05) is 36.0 Å². The molecule has 5 nitrogen and oxygen atoms in total. The number of carbonyl (C=O) groups is 1. The first-order valence-corrected chi connectivity index (χ1v) is 9.65. The molecular formula is C22H18N4OS. The minimum absolute atomic E-state index is 0.137. The number of hydrogen-bond donors (Lipinski definition) is 1. The van der Waals surface area contributed by atoms with E-state index in [0.717, 1.165) is 21.2 Å². The Labute approximate surface area is 167 Å². The molecule has 0 aliphatic carbocycles. The monoisotopic (exact) mass is 386 g/mol. The van der Waals surface area contributed by atoms with Gasteiger partial charge in [0.15, 0.2) is 0 Å². The number of hydrogen-bond acceptors (Lipinski definition) is 4. The van der Waals surface area contributed by atoms with Crippen LogP contribution >= 0.6 is 11.8 Å². The summed E-state index contributed by atoms with van der Waals surface area (Å²) in [6, 6.07) is 23.0. The zero-order chi connectivity index (χ0) is 19.2. The third kappa shape index (κ3) is 4.47. The summed E-state index contributed by atoms with van der Waals surface area (Å²) in [5.41, 5.74) is 2.40. The molecule has 0 bridgehead atoms. The fraction of sp³-hybridized carbons (Fsp3) is 0.0455. The number of anilines is 1. The highest BCUT2D eigenvalue weighted by Crippen LogP contribution is 2.26. The summed E-state index contributed by atoms with van der Waals surface area (Å²) in [6.45, 7) is 0.600. The van der Waals surface area contributed by atoms with Crippen molar-refractivity contribution in [2.24, 2.45) is 0 Å². The van der Waals surface area contributed by atoms with Crippen LogP contribution in [0.4, 0.5) is 5.69 Å². The Balaban J connectivity index is 1.45. The van der Waals surface area contributed by atoms with Gasteiger partial charge in [-0.25, -0.2) is 4.98 Å². The Morgan fingerprint density at radius 2 is 1.75 bits per heavy atom. The molecule has 0 radical (unpaired) electrons. The van der Waals surface area contributed by atoms with Gasteiger partial charge in [0.25, 0.3) is 5.91 Å². The van der Waals surface area contributed by atoms with Crippen molar-refractivity contribution in [2.45, 2.75) is 16.5 Å². The number of amides is 1. The van der Waals surface area contributed by atoms with E-state index in [-0.39, 0.29) is 5.91 Å². The fourth-order valence-corrected chi connectivity index (χ4v) is 3.52. The molecule has 4 rings (SSSR count). The Bertz CT molecular complexity index is 1050. The molecule has 2 heterocycles. The predicted molar refractivity (Wildman–Crippen MR) is 111 cm³/mol. The van der Waals surface area contributed by atoms with Gasteiger partial charge >= 0.3 is 0 Å². The molecular weight excluding hydrogens is 368 g/mol. The number of para-hydroxylation sites is 1. The van der Waals surface area contributed by atoms with Crippen molar-refractivity contribution in [1.82, 2.24) is 14.8 Å². The number of rotatable bonds is 6. The van der Waals surface area contributed by atoms with Gasteiger partial charge in [-0.15, -0.1) is 0 Å². The Kier molecular flexibility index (Phi) is 5.49. The average molecular weight is 386 g/mol. The van der Waals surface area contributed by atoms with Crippen molar-refractivity contribution >= 4 is 23.4 Å². The SMILES string of the molecule is O=C(Nc1ccccc1Cn1cccn1)c1ccc(Sc2ccccn2)cc1. The highest BCUT2D eigenvalue weighted by atomic mass is 32.2. The molecule has 1 N–H and O–H groups in total. The molecule has 0 aliphatic rings. The first-order valence-electron chi connectivity index (χ1n) is 8.83. The van der Waals surface area contributed by atoms with Crippen LogP contribution in [0.3, 0.4) is 0 Å². The molecule has 2 aromatic carbocycles. The van der Waals surface area contributed by atoms with Crippen LogP contribution in [0, 0.1) is 0 Å². The van der Waals surface area contributed by atoms with Crippen molar-refractivity contribution in [3.63, 3.8) is 0 Å². The van der Waals surface area contributed by atoms with Crippen LogP contribution in [0.1, 0.15) is 15.9 Å². The number of nitrogens with zero attached hydrogens (tertiary/aromatic N) is 3. The molecule has 0 unspecified atom stereocenters. The van der Waals surface area contributed by atoms with Gasteiger partial charge in [0, 0.05) is 34.7 Å². The smallest absolute Gasteiger partial charge is 0.255 e. The Morgan fingerprint density at radius 1 is 0.929 bits per heavy atom. The average Bonchev–Trinajstić information content (AvgIpc) is 3.24. The second kappa shape index (κ2) is 8.54. The van der Waals surface area contributed by atoms with E-state index in [1.165, 1.54) is 0 Å². The summed E-state index contributed by atoms with van der Waals surface area (Å²) in [5, 5.41) is 8.16. The maximum absolute atomic E-state index is 12.7. The molecule has 138 valence electrons. The van der Waals surface area contributed by atoms with Gasteiger partial charge in [0.05, 0.1) is 6.54 Å². The van der Waals surface area contributed by atoms with Crippen molar-refractivity contribution < 1.29 is 4.79 Å². The Morgan fingerprint density at radius 3 is 2.50 bits per heavy atom. The number of pyridine rings is 1. The molecule has 0 fully saturated rings. The van der Waals surface area contributed by atoms with Crippen LogP contribution in [0.25, 0.3) is 0 Å². The highest BCUT2D eigenvalue weighted by Gasteiger charge is 2.10. The topological polar surface area (TPSA) is 59.8 Å². The minimum atomic E-state index is -0.137. The lowest BCUT2D eigenvalue weighted by molar-refractivity contribution is 0.102. The van der Waals surface area contributed by atoms with Gasteiger partial charge in [0.2, 0.25) is 0 Å². The van der Waals surface area contributed by atoms with E-state index in [9.17, 15) is 4.79 Å². The van der Waals surface area contributed by atoms with Gasteiger partial charge in [0.1, 0.15) is 5.03 Å². The number of nitrogens with one attached hydrogen (secondary N) is 1. The third-order valence-electron chi connectivity index (χ3n) is 4.13. The van der Waals surface area contributed by atoms with Gasteiger partial charge < -0.3 is 5.32 Å². The lowest BCUT2D eigenvalue weighted by Crippen LogP contribution is -2.14. The van der Waals surface area contributed by atoms with Crippen molar-refractivity contribution in [3.05, 3.63) is 103 Å². The van der Waals surface area contributed by atoms with E-state index in [1.807, 2.05) is 83.7 Å². The summed E-state index contributed by atoms with van der Waals surface area (Å²) < 4.78 is 1.83. The molecule has 0 saturated heterocycles. The molecule has 0 aliphatic heterocycles. The van der Waals surface area contributed by atoms with Crippen LogP contribution < -0.4 is 5.32 Å². The molecule has 4 aromatic rings. The standard InChI is InChI=1S/C22H18N4OS/c27-22(17-9-11-19(12-10-17)28-21-8-3-4-13-23-21)25-20-7-2-1-6-18(20)16-26-15-5-14-24-26/h1-15H,16H2,(H,25,27). The zero-order valence-electron chi connectivity index (χ0n) is 15.0.